The molecule has 0 aliphatic carbocycles. The molecule has 0 saturated carbocycles. The van der Waals surface area contributed by atoms with Crippen molar-refractivity contribution < 1.29 is 4.92 Å². The fraction of sp³-hybridized carbons (Fsp3) is 0.111. The van der Waals surface area contributed by atoms with Crippen molar-refractivity contribution in [3.05, 3.63) is 50.4 Å². The van der Waals surface area contributed by atoms with E-state index in [2.05, 4.69) is 10.1 Å². The number of nitrogens with zero attached hydrogens (tertiary/aromatic N) is 4. The standard InChI is InChI=1S/C9H6Cl2N4O2/c10-7-5-14(13-9(7)15(16)17)4-6-2-1-3-8(11)12-6/h1-3,5H,4H2. The average Bonchev–Trinajstić information content (AvgIpc) is 2.59. The van der Waals surface area contributed by atoms with E-state index in [1.807, 2.05) is 0 Å². The van der Waals surface area contributed by atoms with Crippen molar-refractivity contribution in [1.82, 2.24) is 14.8 Å². The molecule has 0 unspecified atom stereocenters. The summed E-state index contributed by atoms with van der Waals surface area (Å²) in [4.78, 5) is 14.0. The van der Waals surface area contributed by atoms with Crippen molar-refractivity contribution in [3.8, 4) is 0 Å². The van der Waals surface area contributed by atoms with E-state index in [0.29, 0.717) is 10.8 Å². The van der Waals surface area contributed by atoms with Gasteiger partial charge in [-0.1, -0.05) is 29.3 Å². The van der Waals surface area contributed by atoms with Gasteiger partial charge in [0.05, 0.1) is 17.0 Å². The van der Waals surface area contributed by atoms with Gasteiger partial charge < -0.3 is 10.1 Å². The quantitative estimate of drug-likeness (QED) is 0.489. The molecule has 0 aliphatic heterocycles. The smallest absolute Gasteiger partial charge is 0.358 e. The molecular formula is C9H6Cl2N4O2. The molecule has 2 aromatic heterocycles. The van der Waals surface area contributed by atoms with Gasteiger partial charge in [-0.3, -0.25) is 0 Å². The van der Waals surface area contributed by atoms with Crippen LogP contribution in [0.15, 0.2) is 24.4 Å². The predicted molar refractivity (Wildman–Crippen MR) is 62.2 cm³/mol. The maximum atomic E-state index is 10.6. The van der Waals surface area contributed by atoms with Crippen LogP contribution in [-0.4, -0.2) is 19.7 Å². The van der Waals surface area contributed by atoms with Crippen LogP contribution in [0, 0.1) is 10.1 Å². The Morgan fingerprint density at radius 1 is 1.41 bits per heavy atom. The molecule has 0 aromatic carbocycles. The summed E-state index contributed by atoms with van der Waals surface area (Å²) in [5.41, 5.74) is 0.645. The highest BCUT2D eigenvalue weighted by atomic mass is 35.5. The third-order valence-electron chi connectivity index (χ3n) is 1.97. The Morgan fingerprint density at radius 3 is 2.76 bits per heavy atom. The van der Waals surface area contributed by atoms with E-state index in [9.17, 15) is 10.1 Å². The molecule has 0 saturated heterocycles. The molecule has 2 heterocycles. The zero-order valence-corrected chi connectivity index (χ0v) is 9.89. The van der Waals surface area contributed by atoms with Gasteiger partial charge in [0, 0.05) is 0 Å². The van der Waals surface area contributed by atoms with Gasteiger partial charge in [0.1, 0.15) is 11.7 Å². The van der Waals surface area contributed by atoms with Crippen molar-refractivity contribution >= 4 is 29.0 Å². The Morgan fingerprint density at radius 2 is 2.18 bits per heavy atom. The van der Waals surface area contributed by atoms with Crippen LogP contribution in [0.3, 0.4) is 0 Å². The van der Waals surface area contributed by atoms with E-state index in [1.54, 1.807) is 18.2 Å². The van der Waals surface area contributed by atoms with Crippen LogP contribution in [-0.2, 0) is 6.54 Å². The molecule has 0 bridgehead atoms. The normalized spacial score (nSPS) is 10.5. The largest absolute Gasteiger partial charge is 0.408 e. The molecule has 0 N–H and O–H groups in total. The molecule has 0 aliphatic rings. The molecule has 0 radical (unpaired) electrons. The second-order valence-corrected chi connectivity index (χ2v) is 4.00. The fourth-order valence-corrected chi connectivity index (χ4v) is 1.70. The molecule has 0 atom stereocenters. The third-order valence-corrected chi connectivity index (χ3v) is 2.45. The summed E-state index contributed by atoms with van der Waals surface area (Å²) in [6.07, 6.45) is 1.38. The summed E-state index contributed by atoms with van der Waals surface area (Å²) >= 11 is 11.4. The van der Waals surface area contributed by atoms with Crippen LogP contribution < -0.4 is 0 Å². The summed E-state index contributed by atoms with van der Waals surface area (Å²) in [5, 5.41) is 14.6. The Kier molecular flexibility index (Phi) is 3.26. The zero-order valence-electron chi connectivity index (χ0n) is 8.38. The zero-order chi connectivity index (χ0) is 12.4. The summed E-state index contributed by atoms with van der Waals surface area (Å²) in [7, 11) is 0. The highest BCUT2D eigenvalue weighted by molar-refractivity contribution is 6.32. The van der Waals surface area contributed by atoms with Gasteiger partial charge >= 0.3 is 5.82 Å². The fourth-order valence-electron chi connectivity index (χ4n) is 1.30. The molecular weight excluding hydrogens is 267 g/mol. The monoisotopic (exact) mass is 272 g/mol. The molecule has 0 spiro atoms. The minimum Gasteiger partial charge on any atom is -0.358 e. The number of aromatic nitrogens is 3. The van der Waals surface area contributed by atoms with Crippen molar-refractivity contribution in [2.75, 3.05) is 0 Å². The topological polar surface area (TPSA) is 73.8 Å². The molecule has 8 heteroatoms. The second-order valence-electron chi connectivity index (χ2n) is 3.21. The lowest BCUT2D eigenvalue weighted by Crippen LogP contribution is -2.03. The molecule has 2 rings (SSSR count). The van der Waals surface area contributed by atoms with Gasteiger partial charge in [-0.2, -0.15) is 4.68 Å². The Bertz CT molecular complexity index is 570. The van der Waals surface area contributed by atoms with E-state index in [4.69, 9.17) is 23.2 Å². The Balaban J connectivity index is 2.25. The van der Waals surface area contributed by atoms with E-state index in [-0.39, 0.29) is 17.4 Å². The molecule has 2 aromatic rings. The first-order valence-electron chi connectivity index (χ1n) is 4.55. The maximum absolute atomic E-state index is 10.6. The summed E-state index contributed by atoms with van der Waals surface area (Å²) in [5.74, 6) is -0.367. The number of hydrogen-bond acceptors (Lipinski definition) is 4. The highest BCUT2D eigenvalue weighted by Gasteiger charge is 2.19. The molecule has 6 nitrogen and oxygen atoms in total. The highest BCUT2D eigenvalue weighted by Crippen LogP contribution is 2.21. The van der Waals surface area contributed by atoms with E-state index < -0.39 is 4.92 Å². The van der Waals surface area contributed by atoms with Crippen LogP contribution in [0.5, 0.6) is 0 Å². The first kappa shape index (κ1) is 11.8. The van der Waals surface area contributed by atoms with Gasteiger partial charge in [0.2, 0.25) is 0 Å². The molecule has 88 valence electrons. The minimum atomic E-state index is -0.635. The number of hydrogen-bond donors (Lipinski definition) is 0. The molecule has 0 amide bonds. The van der Waals surface area contributed by atoms with Crippen molar-refractivity contribution in [2.45, 2.75) is 6.54 Å². The Labute approximate surface area is 106 Å². The average molecular weight is 273 g/mol. The lowest BCUT2D eigenvalue weighted by molar-refractivity contribution is -0.389. The third kappa shape index (κ3) is 2.72. The summed E-state index contributed by atoms with van der Waals surface area (Å²) < 4.78 is 1.35. The predicted octanol–water partition coefficient (Wildman–Crippen LogP) is 2.54. The number of nitro groups is 1. The second kappa shape index (κ2) is 4.68. The van der Waals surface area contributed by atoms with E-state index in [0.717, 1.165) is 0 Å². The molecule has 17 heavy (non-hydrogen) atoms. The van der Waals surface area contributed by atoms with E-state index >= 15 is 0 Å². The van der Waals surface area contributed by atoms with Crippen LogP contribution in [0.25, 0.3) is 0 Å². The first-order chi connectivity index (χ1) is 8.06. The summed E-state index contributed by atoms with van der Waals surface area (Å²) in [6.45, 7) is 0.272. The minimum absolute atomic E-state index is 0.00275. The van der Waals surface area contributed by atoms with Gasteiger partial charge in [-0.15, -0.1) is 0 Å². The van der Waals surface area contributed by atoms with Crippen LogP contribution in [0.2, 0.25) is 10.2 Å². The van der Waals surface area contributed by atoms with Crippen molar-refractivity contribution in [3.63, 3.8) is 0 Å². The number of halogens is 2. The SMILES string of the molecule is O=[N+]([O-])c1nn(Cc2cccc(Cl)n2)cc1Cl. The molecule has 0 fully saturated rings. The lowest BCUT2D eigenvalue weighted by atomic mass is 10.3. The summed E-state index contributed by atoms with van der Waals surface area (Å²) in [6, 6.07) is 5.13. The Hall–Kier alpha value is -1.66. The van der Waals surface area contributed by atoms with Crippen LogP contribution >= 0.6 is 23.2 Å². The van der Waals surface area contributed by atoms with Crippen LogP contribution in [0.1, 0.15) is 5.69 Å². The van der Waals surface area contributed by atoms with E-state index in [1.165, 1.54) is 10.9 Å². The van der Waals surface area contributed by atoms with Gasteiger partial charge in [-0.05, 0) is 17.1 Å². The number of pyridine rings is 1. The van der Waals surface area contributed by atoms with Crippen molar-refractivity contribution in [2.24, 2.45) is 0 Å². The van der Waals surface area contributed by atoms with Gasteiger partial charge in [0.25, 0.3) is 0 Å². The van der Waals surface area contributed by atoms with Gasteiger partial charge in [-0.25, -0.2) is 4.98 Å². The van der Waals surface area contributed by atoms with Gasteiger partial charge in [0.15, 0.2) is 5.02 Å². The lowest BCUT2D eigenvalue weighted by Gasteiger charge is -1.97. The van der Waals surface area contributed by atoms with Crippen molar-refractivity contribution in [1.29, 1.82) is 0 Å². The van der Waals surface area contributed by atoms with Crippen LogP contribution in [0.4, 0.5) is 5.82 Å². The maximum Gasteiger partial charge on any atom is 0.408 e. The number of rotatable bonds is 3. The first-order valence-corrected chi connectivity index (χ1v) is 5.30.